The minimum atomic E-state index is -0.782. The van der Waals surface area contributed by atoms with E-state index in [1.165, 1.54) is 36.1 Å². The van der Waals surface area contributed by atoms with Crippen molar-refractivity contribution in [3.05, 3.63) is 122 Å². The molecule has 0 radical (unpaired) electrons. The van der Waals surface area contributed by atoms with E-state index in [0.29, 0.717) is 40.3 Å². The molecule has 7 rings (SSSR count). The van der Waals surface area contributed by atoms with Gasteiger partial charge in [-0.2, -0.15) is 0 Å². The maximum Gasteiger partial charge on any atom is 0.338 e. The number of nitrogens with zero attached hydrogens (tertiary/aromatic N) is 5. The van der Waals surface area contributed by atoms with E-state index in [9.17, 15) is 14.3 Å². The average molecular weight is 687 g/mol. The largest absolute Gasteiger partial charge is 0.466 e. The van der Waals surface area contributed by atoms with Crippen LogP contribution in [0.3, 0.4) is 0 Å². The van der Waals surface area contributed by atoms with Crippen molar-refractivity contribution in [2.24, 2.45) is 4.99 Å². The predicted octanol–water partition coefficient (Wildman–Crippen LogP) is 5.07. The molecule has 2 fully saturated rings. The van der Waals surface area contributed by atoms with Gasteiger partial charge in [0.2, 0.25) is 0 Å². The van der Waals surface area contributed by atoms with Crippen molar-refractivity contribution in [2.75, 3.05) is 46.5 Å². The highest BCUT2D eigenvalue weighted by molar-refractivity contribution is 7.11. The second kappa shape index (κ2) is 14.3. The third-order valence-corrected chi connectivity index (χ3v) is 10.3. The van der Waals surface area contributed by atoms with Crippen LogP contribution in [0.4, 0.5) is 4.39 Å². The number of nitrogens with one attached hydrogen (secondary N) is 1. The quantitative estimate of drug-likeness (QED) is 0.236. The summed E-state index contributed by atoms with van der Waals surface area (Å²) in [5, 5.41) is 15.5. The zero-order valence-electron chi connectivity index (χ0n) is 26.5. The van der Waals surface area contributed by atoms with Gasteiger partial charge in [-0.15, -0.1) is 11.3 Å². The number of benzene rings is 3. The minimum Gasteiger partial charge on any atom is -0.466 e. The molecule has 0 bridgehead atoms. The third-order valence-electron chi connectivity index (χ3n) is 9.17. The van der Waals surface area contributed by atoms with E-state index < -0.39 is 17.8 Å². The lowest BCUT2D eigenvalue weighted by molar-refractivity contribution is -0.136. The highest BCUT2D eigenvalue weighted by Crippen LogP contribution is 2.37. The van der Waals surface area contributed by atoms with E-state index in [1.54, 1.807) is 12.3 Å². The lowest BCUT2D eigenvalue weighted by Crippen LogP contribution is -2.52. The van der Waals surface area contributed by atoms with E-state index in [-0.39, 0.29) is 11.6 Å². The SMILES string of the molecule is COC(=O)C1=C(CN2CCN3CN(Cc4ccc(-c5ccc(CO)cc5)cc4)C[C@@H]3C2)NC(c2nccs2)=N[C@H]1c1ccc(F)cc1Cl. The first-order valence-corrected chi connectivity index (χ1v) is 17.1. The normalized spacial score (nSPS) is 20.4. The number of carbonyl (C=O) groups excluding carboxylic acids is 1. The van der Waals surface area contributed by atoms with Crippen LogP contribution in [-0.4, -0.2) is 89.1 Å². The van der Waals surface area contributed by atoms with Crippen LogP contribution in [0.25, 0.3) is 11.1 Å². The van der Waals surface area contributed by atoms with Crippen LogP contribution in [0.5, 0.6) is 0 Å². The van der Waals surface area contributed by atoms with Gasteiger partial charge in [0.05, 0.1) is 26.0 Å². The van der Waals surface area contributed by atoms with Crippen molar-refractivity contribution < 1.29 is 19.0 Å². The van der Waals surface area contributed by atoms with Crippen LogP contribution in [0.1, 0.15) is 27.7 Å². The van der Waals surface area contributed by atoms with Crippen molar-refractivity contribution in [3.8, 4) is 11.1 Å². The van der Waals surface area contributed by atoms with Gasteiger partial charge in [0, 0.05) is 73.2 Å². The zero-order valence-corrected chi connectivity index (χ0v) is 28.1. The van der Waals surface area contributed by atoms with Gasteiger partial charge < -0.3 is 15.2 Å². The van der Waals surface area contributed by atoms with Gasteiger partial charge in [-0.05, 0) is 34.4 Å². The molecule has 1 aromatic heterocycles. The van der Waals surface area contributed by atoms with E-state index in [0.717, 1.165) is 56.1 Å². The maximum atomic E-state index is 14.0. The number of aromatic nitrogens is 1. The number of thiazole rings is 1. The number of aliphatic imine (C=N–C) groups is 1. The van der Waals surface area contributed by atoms with Crippen LogP contribution < -0.4 is 5.32 Å². The number of methoxy groups -OCH3 is 1. The average Bonchev–Trinajstić information content (AvgIpc) is 3.78. The molecule has 0 amide bonds. The number of carbonyl (C=O) groups is 1. The fourth-order valence-corrected chi connectivity index (χ4v) is 7.60. The Hall–Kier alpha value is -3.97. The first-order valence-electron chi connectivity index (χ1n) is 15.9. The molecule has 2 atom stereocenters. The Morgan fingerprint density at radius 1 is 1.02 bits per heavy atom. The predicted molar refractivity (Wildman–Crippen MR) is 185 cm³/mol. The zero-order chi connectivity index (χ0) is 33.2. The molecule has 3 aromatic carbocycles. The molecule has 9 nitrogen and oxygen atoms in total. The number of esters is 1. The van der Waals surface area contributed by atoms with E-state index in [1.807, 2.05) is 29.6 Å². The summed E-state index contributed by atoms with van der Waals surface area (Å²) in [6, 6.07) is 20.4. The molecule has 2 saturated heterocycles. The van der Waals surface area contributed by atoms with Crippen molar-refractivity contribution in [1.29, 1.82) is 0 Å². The van der Waals surface area contributed by atoms with Gasteiger partial charge in [0.25, 0.3) is 0 Å². The molecular formula is C36H36ClFN6O3S. The number of aliphatic hydroxyl groups excluding tert-OH is 1. The molecule has 248 valence electrons. The summed E-state index contributed by atoms with van der Waals surface area (Å²) >= 11 is 7.96. The summed E-state index contributed by atoms with van der Waals surface area (Å²) in [5.74, 6) is -0.433. The molecule has 3 aliphatic rings. The number of amidine groups is 1. The molecule has 3 aliphatic heterocycles. The molecule has 4 heterocycles. The maximum absolute atomic E-state index is 14.0. The lowest BCUT2D eigenvalue weighted by Gasteiger charge is -2.38. The number of rotatable bonds is 9. The number of fused-ring (bicyclic) bond motifs is 1. The molecule has 0 unspecified atom stereocenters. The van der Waals surface area contributed by atoms with Gasteiger partial charge in [-0.3, -0.25) is 19.7 Å². The topological polar surface area (TPSA) is 93.5 Å². The summed E-state index contributed by atoms with van der Waals surface area (Å²) in [5.41, 5.74) is 6.02. The van der Waals surface area contributed by atoms with Gasteiger partial charge >= 0.3 is 5.97 Å². The van der Waals surface area contributed by atoms with Gasteiger partial charge in [0.1, 0.15) is 11.9 Å². The lowest BCUT2D eigenvalue weighted by atomic mass is 9.95. The molecule has 12 heteroatoms. The van der Waals surface area contributed by atoms with Crippen molar-refractivity contribution >= 4 is 34.7 Å². The molecule has 2 N–H and O–H groups in total. The van der Waals surface area contributed by atoms with Crippen LogP contribution >= 0.6 is 22.9 Å². The number of ether oxygens (including phenoxy) is 1. The number of aliphatic hydroxyl groups is 1. The first kappa shape index (κ1) is 32.6. The molecule has 48 heavy (non-hydrogen) atoms. The third kappa shape index (κ3) is 6.93. The molecule has 0 spiro atoms. The standard InChI is InChI=1S/C36H36ClFN6O3S/c1-47-36(46)32-31(40-34(35-39-12-15-48-35)41-33(32)29-11-10-27(38)16-30(29)37)20-42-13-14-44-22-43(19-28(44)18-42)17-23-2-6-25(7-3-23)26-8-4-24(21-45)5-9-26/h2-12,15-16,28,33,45H,13-14,17-22H2,1H3,(H,40,41)/t28-,33-/m0/s1. The molecule has 4 aromatic rings. The minimum absolute atomic E-state index is 0.0461. The monoisotopic (exact) mass is 686 g/mol. The van der Waals surface area contributed by atoms with Crippen molar-refractivity contribution in [3.63, 3.8) is 0 Å². The Balaban J connectivity index is 1.06. The number of piperazine rings is 1. The van der Waals surface area contributed by atoms with E-state index in [2.05, 4.69) is 49.3 Å². The molecule has 0 aliphatic carbocycles. The number of halogens is 2. The summed E-state index contributed by atoms with van der Waals surface area (Å²) in [4.78, 5) is 30.0. The highest BCUT2D eigenvalue weighted by Gasteiger charge is 2.38. The molecule has 0 saturated carbocycles. The smallest absolute Gasteiger partial charge is 0.338 e. The fraction of sp³-hybridized carbons (Fsp3) is 0.306. The second-order valence-electron chi connectivity index (χ2n) is 12.3. The Bertz CT molecular complexity index is 1830. The second-order valence-corrected chi connectivity index (χ2v) is 13.6. The van der Waals surface area contributed by atoms with Gasteiger partial charge in [-0.1, -0.05) is 66.2 Å². The first-order chi connectivity index (χ1) is 23.4. The van der Waals surface area contributed by atoms with Crippen molar-refractivity contribution in [1.82, 2.24) is 25.0 Å². The Kier molecular flexibility index (Phi) is 9.67. The van der Waals surface area contributed by atoms with Gasteiger partial charge in [-0.25, -0.2) is 14.2 Å². The summed E-state index contributed by atoms with van der Waals surface area (Å²) < 4.78 is 19.3. The molecular weight excluding hydrogens is 651 g/mol. The van der Waals surface area contributed by atoms with Crippen LogP contribution in [-0.2, 0) is 22.7 Å². The van der Waals surface area contributed by atoms with E-state index >= 15 is 0 Å². The Labute approximate surface area is 287 Å². The van der Waals surface area contributed by atoms with Crippen LogP contribution in [0, 0.1) is 5.82 Å². The Morgan fingerprint density at radius 2 is 1.75 bits per heavy atom. The number of hydrogen-bond donors (Lipinski definition) is 2. The number of hydrogen-bond acceptors (Lipinski definition) is 10. The fourth-order valence-electron chi connectivity index (χ4n) is 6.74. The summed E-state index contributed by atoms with van der Waals surface area (Å²) in [7, 11) is 1.35. The Morgan fingerprint density at radius 3 is 2.42 bits per heavy atom. The van der Waals surface area contributed by atoms with Gasteiger partial charge in [0.15, 0.2) is 10.8 Å². The highest BCUT2D eigenvalue weighted by atomic mass is 35.5. The van der Waals surface area contributed by atoms with Crippen LogP contribution in [0.2, 0.25) is 5.02 Å². The summed E-state index contributed by atoms with van der Waals surface area (Å²) in [6.45, 7) is 5.82. The van der Waals surface area contributed by atoms with Crippen molar-refractivity contribution in [2.45, 2.75) is 25.2 Å². The van der Waals surface area contributed by atoms with E-state index in [4.69, 9.17) is 21.3 Å². The van der Waals surface area contributed by atoms with Crippen LogP contribution in [0.15, 0.2) is 94.6 Å². The summed E-state index contributed by atoms with van der Waals surface area (Å²) in [6.07, 6.45) is 1.71.